The molecular weight excluding hydrogens is 252 g/mol. The van der Waals surface area contributed by atoms with Crippen molar-refractivity contribution in [1.82, 2.24) is 0 Å². The fourth-order valence-corrected chi connectivity index (χ4v) is 6.11. The molecule has 0 saturated heterocycles. The minimum Gasteiger partial charge on any atom is -0.394 e. The summed E-state index contributed by atoms with van der Waals surface area (Å²) in [5.41, 5.74) is 0. The number of hydrogen-bond donors (Lipinski definition) is 0. The molecule has 1 aliphatic carbocycles. The van der Waals surface area contributed by atoms with E-state index in [0.717, 1.165) is 26.1 Å². The quantitative estimate of drug-likeness (QED) is 0.416. The van der Waals surface area contributed by atoms with E-state index in [1.165, 1.54) is 44.9 Å². The molecule has 0 aromatic rings. The first kappa shape index (κ1) is 17.2. The maximum Gasteiger partial charge on any atom is 0.341 e. The van der Waals surface area contributed by atoms with E-state index in [-0.39, 0.29) is 0 Å². The first-order valence-electron chi connectivity index (χ1n) is 8.36. The van der Waals surface area contributed by atoms with Crippen LogP contribution < -0.4 is 0 Å². The van der Waals surface area contributed by atoms with Crippen molar-refractivity contribution in [2.45, 2.75) is 90.1 Å². The van der Waals surface area contributed by atoms with Gasteiger partial charge < -0.3 is 8.85 Å². The fraction of sp³-hybridized carbons (Fsp3) is 1.00. The molecule has 1 saturated carbocycles. The molecule has 1 fully saturated rings. The Balaban J connectivity index is 2.64. The molecule has 0 aromatic heterocycles. The largest absolute Gasteiger partial charge is 0.394 e. The highest BCUT2D eigenvalue weighted by atomic mass is 28.4. The Kier molecular flexibility index (Phi) is 7.63. The number of unbranched alkanes of at least 4 members (excludes halogenated alkanes) is 2. The third kappa shape index (κ3) is 4.87. The Bertz CT molecular complexity index is 227. The molecule has 3 heteroatoms. The zero-order chi connectivity index (χ0) is 14.2. The molecular formula is C16H34O2Si. The van der Waals surface area contributed by atoms with E-state index in [9.17, 15) is 0 Å². The maximum absolute atomic E-state index is 6.38. The van der Waals surface area contributed by atoms with Gasteiger partial charge in [0.25, 0.3) is 0 Å². The van der Waals surface area contributed by atoms with Crippen LogP contribution in [0.4, 0.5) is 0 Å². The summed E-state index contributed by atoms with van der Waals surface area (Å²) in [4.78, 5) is 0. The molecule has 0 radical (unpaired) electrons. The maximum atomic E-state index is 6.38. The van der Waals surface area contributed by atoms with Crippen molar-refractivity contribution in [2.75, 3.05) is 13.2 Å². The van der Waals surface area contributed by atoms with Crippen molar-refractivity contribution in [3.63, 3.8) is 0 Å². The predicted molar refractivity (Wildman–Crippen MR) is 84.8 cm³/mol. The topological polar surface area (TPSA) is 18.5 Å². The normalized spacial score (nSPS) is 19.6. The lowest BCUT2D eigenvalue weighted by atomic mass is 9.90. The molecule has 1 rings (SSSR count). The van der Waals surface area contributed by atoms with Crippen LogP contribution in [0.2, 0.25) is 11.6 Å². The average molecular weight is 287 g/mol. The van der Waals surface area contributed by atoms with E-state index >= 15 is 0 Å². The zero-order valence-corrected chi connectivity index (χ0v) is 14.6. The molecule has 0 heterocycles. The van der Waals surface area contributed by atoms with Crippen molar-refractivity contribution in [1.29, 1.82) is 0 Å². The average Bonchev–Trinajstić information content (AvgIpc) is 2.40. The molecule has 0 bridgehead atoms. The van der Waals surface area contributed by atoms with Crippen molar-refractivity contribution in [2.24, 2.45) is 0 Å². The van der Waals surface area contributed by atoms with Gasteiger partial charge in [-0.15, -0.1) is 0 Å². The molecule has 1 aliphatic rings. The molecule has 0 atom stereocenters. The lowest BCUT2D eigenvalue weighted by Gasteiger charge is -2.45. The molecule has 0 aromatic carbocycles. The highest BCUT2D eigenvalue weighted by Gasteiger charge is 2.51. The second-order valence-corrected chi connectivity index (χ2v) is 10.1. The van der Waals surface area contributed by atoms with E-state index in [1.54, 1.807) is 0 Å². The summed E-state index contributed by atoms with van der Waals surface area (Å²) in [6, 6.07) is 0. The summed E-state index contributed by atoms with van der Waals surface area (Å²) >= 11 is 0. The second-order valence-electron chi connectivity index (χ2n) is 6.47. The van der Waals surface area contributed by atoms with Crippen LogP contribution in [0.25, 0.3) is 0 Å². The Labute approximate surface area is 121 Å². The van der Waals surface area contributed by atoms with Gasteiger partial charge in [0.05, 0.1) is 0 Å². The molecule has 2 nitrogen and oxygen atoms in total. The number of hydrogen-bond acceptors (Lipinski definition) is 2. The molecule has 0 spiro atoms. The standard InChI is InChI=1S/C16H34O2Si/c1-5-7-14-17-19(4,18-15-8-6-2)16(3)12-10-9-11-13-16/h5-15H2,1-4H3. The molecule has 0 aliphatic heterocycles. The summed E-state index contributed by atoms with van der Waals surface area (Å²) in [6.07, 6.45) is 11.4. The highest BCUT2D eigenvalue weighted by Crippen LogP contribution is 2.50. The van der Waals surface area contributed by atoms with Gasteiger partial charge in [-0.3, -0.25) is 0 Å². The molecule has 0 amide bonds. The van der Waals surface area contributed by atoms with Crippen LogP contribution >= 0.6 is 0 Å². The van der Waals surface area contributed by atoms with Gasteiger partial charge in [-0.25, -0.2) is 0 Å². The van der Waals surface area contributed by atoms with Gasteiger partial charge in [-0.1, -0.05) is 52.9 Å². The molecule has 114 valence electrons. The van der Waals surface area contributed by atoms with Gasteiger partial charge in [0.1, 0.15) is 0 Å². The van der Waals surface area contributed by atoms with Crippen LogP contribution in [0.5, 0.6) is 0 Å². The van der Waals surface area contributed by atoms with Crippen LogP contribution in [0.3, 0.4) is 0 Å². The summed E-state index contributed by atoms with van der Waals surface area (Å²) in [6.45, 7) is 11.0. The lowest BCUT2D eigenvalue weighted by molar-refractivity contribution is 0.132. The first-order chi connectivity index (χ1) is 9.08. The smallest absolute Gasteiger partial charge is 0.341 e. The van der Waals surface area contributed by atoms with Gasteiger partial charge >= 0.3 is 8.56 Å². The van der Waals surface area contributed by atoms with Crippen molar-refractivity contribution in [3.8, 4) is 0 Å². The van der Waals surface area contributed by atoms with Gasteiger partial charge in [-0.05, 0) is 32.2 Å². The van der Waals surface area contributed by atoms with Gasteiger partial charge in [-0.2, -0.15) is 0 Å². The van der Waals surface area contributed by atoms with Gasteiger partial charge in [0.2, 0.25) is 0 Å². The lowest BCUT2D eigenvalue weighted by Crippen LogP contribution is -2.51. The van der Waals surface area contributed by atoms with Crippen LogP contribution in [0.1, 0.15) is 78.6 Å². The van der Waals surface area contributed by atoms with E-state index in [1.807, 2.05) is 0 Å². The second kappa shape index (κ2) is 8.43. The van der Waals surface area contributed by atoms with E-state index < -0.39 is 8.56 Å². The fourth-order valence-electron chi connectivity index (χ4n) is 3.00. The van der Waals surface area contributed by atoms with Crippen molar-refractivity contribution >= 4 is 8.56 Å². The Hall–Kier alpha value is 0.137. The predicted octanol–water partition coefficient (Wildman–Crippen LogP) is 5.42. The zero-order valence-electron chi connectivity index (χ0n) is 13.6. The summed E-state index contributed by atoms with van der Waals surface area (Å²) in [7, 11) is -2.05. The van der Waals surface area contributed by atoms with Gasteiger partial charge in [0, 0.05) is 18.3 Å². The summed E-state index contributed by atoms with van der Waals surface area (Å²) in [5, 5.41) is 0.326. The third-order valence-corrected chi connectivity index (χ3v) is 9.01. The van der Waals surface area contributed by atoms with E-state index in [4.69, 9.17) is 8.85 Å². The third-order valence-electron chi connectivity index (χ3n) is 4.80. The van der Waals surface area contributed by atoms with E-state index in [2.05, 4.69) is 27.3 Å². The van der Waals surface area contributed by atoms with Crippen molar-refractivity contribution < 1.29 is 8.85 Å². The number of rotatable bonds is 9. The SMILES string of the molecule is CCCCO[Si](C)(OCCCC)C1(C)CCCCC1. The monoisotopic (exact) mass is 286 g/mol. The molecule has 19 heavy (non-hydrogen) atoms. The van der Waals surface area contributed by atoms with E-state index in [0.29, 0.717) is 5.04 Å². The van der Waals surface area contributed by atoms with Crippen LogP contribution in [0, 0.1) is 0 Å². The van der Waals surface area contributed by atoms with Gasteiger partial charge in [0.15, 0.2) is 0 Å². The first-order valence-corrected chi connectivity index (χ1v) is 10.7. The molecule has 0 N–H and O–H groups in total. The summed E-state index contributed by atoms with van der Waals surface area (Å²) in [5.74, 6) is 0. The van der Waals surface area contributed by atoms with Crippen molar-refractivity contribution in [3.05, 3.63) is 0 Å². The highest BCUT2D eigenvalue weighted by molar-refractivity contribution is 6.69. The summed E-state index contributed by atoms with van der Waals surface area (Å²) < 4.78 is 12.8. The minimum absolute atomic E-state index is 0.326. The van der Waals surface area contributed by atoms with Crippen LogP contribution in [-0.4, -0.2) is 21.8 Å². The Morgan fingerprint density at radius 1 is 0.895 bits per heavy atom. The van der Waals surface area contributed by atoms with Crippen LogP contribution in [-0.2, 0) is 8.85 Å². The Morgan fingerprint density at radius 2 is 1.37 bits per heavy atom. The van der Waals surface area contributed by atoms with Crippen LogP contribution in [0.15, 0.2) is 0 Å². The Morgan fingerprint density at radius 3 is 1.79 bits per heavy atom. The minimum atomic E-state index is -2.05. The molecule has 0 unspecified atom stereocenters.